The molecule has 3 heterocycles. The first-order valence-corrected chi connectivity index (χ1v) is 10.5. The molecule has 3 N–H and O–H groups in total. The van der Waals surface area contributed by atoms with Crippen LogP contribution in [0.2, 0.25) is 0 Å². The predicted octanol–water partition coefficient (Wildman–Crippen LogP) is 2.12. The number of H-pyrrole nitrogens is 1. The number of thiazole rings is 1. The van der Waals surface area contributed by atoms with E-state index in [0.717, 1.165) is 10.9 Å². The highest BCUT2D eigenvalue weighted by atomic mass is 32.1. The van der Waals surface area contributed by atoms with Gasteiger partial charge >= 0.3 is 6.03 Å². The summed E-state index contributed by atoms with van der Waals surface area (Å²) in [7, 11) is 0. The maximum atomic E-state index is 12.8. The lowest BCUT2D eigenvalue weighted by Gasteiger charge is -2.35. The van der Waals surface area contributed by atoms with Gasteiger partial charge in [-0.2, -0.15) is 0 Å². The number of anilines is 1. The third-order valence-corrected chi connectivity index (χ3v) is 5.70. The normalized spacial score (nSPS) is 15.1. The van der Waals surface area contributed by atoms with E-state index in [4.69, 9.17) is 0 Å². The van der Waals surface area contributed by atoms with Gasteiger partial charge in [0.2, 0.25) is 5.91 Å². The van der Waals surface area contributed by atoms with Gasteiger partial charge in [0.05, 0.1) is 0 Å². The zero-order valence-electron chi connectivity index (χ0n) is 16.4. The molecule has 3 aromatic rings. The summed E-state index contributed by atoms with van der Waals surface area (Å²) in [5, 5.41) is 8.60. The molecule has 1 fully saturated rings. The minimum absolute atomic E-state index is 0.0811. The second-order valence-corrected chi connectivity index (χ2v) is 7.94. The largest absolute Gasteiger partial charge is 0.351 e. The lowest BCUT2D eigenvalue weighted by atomic mass is 10.2. The van der Waals surface area contributed by atoms with Crippen molar-refractivity contribution in [2.45, 2.75) is 13.0 Å². The van der Waals surface area contributed by atoms with Crippen molar-refractivity contribution in [3.8, 4) is 0 Å². The van der Waals surface area contributed by atoms with Crippen molar-refractivity contribution >= 4 is 45.2 Å². The van der Waals surface area contributed by atoms with Crippen LogP contribution in [0, 0.1) is 0 Å². The first kappa shape index (κ1) is 19.9. The second kappa shape index (κ2) is 8.54. The molecule has 4 amide bonds. The van der Waals surface area contributed by atoms with E-state index >= 15 is 0 Å². The van der Waals surface area contributed by atoms with Gasteiger partial charge in [0.25, 0.3) is 5.91 Å². The molecule has 1 aliphatic rings. The minimum Gasteiger partial charge on any atom is -0.351 e. The topological polar surface area (TPSA) is 110 Å². The number of hydrogen-bond acceptors (Lipinski definition) is 5. The number of nitrogens with zero attached hydrogens (tertiary/aromatic N) is 3. The first-order valence-electron chi connectivity index (χ1n) is 9.64. The van der Waals surface area contributed by atoms with Crippen molar-refractivity contribution in [3.63, 3.8) is 0 Å². The number of fused-ring (bicyclic) bond motifs is 1. The van der Waals surface area contributed by atoms with Crippen LogP contribution in [0.1, 0.15) is 17.4 Å². The molecule has 0 bridgehead atoms. The number of amides is 4. The highest BCUT2D eigenvalue weighted by molar-refractivity contribution is 7.13. The number of carbonyl (C=O) groups excluding carboxylic acids is 3. The van der Waals surface area contributed by atoms with Gasteiger partial charge in [-0.25, -0.2) is 9.78 Å². The minimum atomic E-state index is -0.701. The Bertz CT molecular complexity index is 1020. The molecule has 1 aromatic carbocycles. The number of aromatic amines is 1. The molecular weight excluding hydrogens is 404 g/mol. The van der Waals surface area contributed by atoms with E-state index in [1.54, 1.807) is 28.3 Å². The average Bonchev–Trinajstić information content (AvgIpc) is 3.42. The Morgan fingerprint density at radius 2 is 1.87 bits per heavy atom. The lowest BCUT2D eigenvalue weighted by Crippen LogP contribution is -2.55. The average molecular weight is 427 g/mol. The molecule has 2 aromatic heterocycles. The van der Waals surface area contributed by atoms with Crippen molar-refractivity contribution in [3.05, 3.63) is 47.6 Å². The van der Waals surface area contributed by atoms with Gasteiger partial charge in [-0.05, 0) is 19.1 Å². The van der Waals surface area contributed by atoms with E-state index in [-0.39, 0.29) is 17.8 Å². The molecule has 1 atom stereocenters. The van der Waals surface area contributed by atoms with Crippen LogP contribution in [0.3, 0.4) is 0 Å². The summed E-state index contributed by atoms with van der Waals surface area (Å²) < 4.78 is 0. The van der Waals surface area contributed by atoms with Crippen LogP contribution in [0.25, 0.3) is 10.9 Å². The lowest BCUT2D eigenvalue weighted by molar-refractivity contribution is -0.117. The van der Waals surface area contributed by atoms with Crippen LogP contribution in [0.4, 0.5) is 9.93 Å². The van der Waals surface area contributed by atoms with E-state index in [9.17, 15) is 14.4 Å². The van der Waals surface area contributed by atoms with Crippen LogP contribution in [-0.4, -0.2) is 69.8 Å². The van der Waals surface area contributed by atoms with Crippen LogP contribution in [-0.2, 0) is 4.79 Å². The van der Waals surface area contributed by atoms with Gasteiger partial charge in [0.1, 0.15) is 11.7 Å². The van der Waals surface area contributed by atoms with Crippen LogP contribution >= 0.6 is 11.3 Å². The molecule has 0 aliphatic carbocycles. The Balaban J connectivity index is 1.28. The zero-order chi connectivity index (χ0) is 21.1. The summed E-state index contributed by atoms with van der Waals surface area (Å²) in [6, 6.07) is 8.56. The summed E-state index contributed by atoms with van der Waals surface area (Å²) in [6.45, 7) is 3.29. The second-order valence-electron chi connectivity index (χ2n) is 7.05. The van der Waals surface area contributed by atoms with Crippen LogP contribution in [0.5, 0.6) is 0 Å². The monoisotopic (exact) mass is 426 g/mol. The number of para-hydroxylation sites is 1. The first-order chi connectivity index (χ1) is 14.5. The van der Waals surface area contributed by atoms with Crippen molar-refractivity contribution in [2.75, 3.05) is 31.5 Å². The van der Waals surface area contributed by atoms with Gasteiger partial charge in [-0.1, -0.05) is 18.2 Å². The van der Waals surface area contributed by atoms with Gasteiger partial charge in [0, 0.05) is 48.7 Å². The van der Waals surface area contributed by atoms with Crippen LogP contribution in [0.15, 0.2) is 41.9 Å². The molecule has 0 spiro atoms. The summed E-state index contributed by atoms with van der Waals surface area (Å²) in [5.41, 5.74) is 1.46. The van der Waals surface area contributed by atoms with Crippen molar-refractivity contribution in [2.24, 2.45) is 0 Å². The van der Waals surface area contributed by atoms with Gasteiger partial charge in [-0.15, -0.1) is 11.3 Å². The highest BCUT2D eigenvalue weighted by Crippen LogP contribution is 2.17. The molecule has 0 radical (unpaired) electrons. The Hall–Kier alpha value is -3.40. The van der Waals surface area contributed by atoms with E-state index in [1.165, 1.54) is 11.3 Å². The highest BCUT2D eigenvalue weighted by Gasteiger charge is 2.27. The van der Waals surface area contributed by atoms with Crippen molar-refractivity contribution in [1.29, 1.82) is 0 Å². The quantitative estimate of drug-likeness (QED) is 0.593. The summed E-state index contributed by atoms with van der Waals surface area (Å²) >= 11 is 1.31. The van der Waals surface area contributed by atoms with Gasteiger partial charge < -0.3 is 25.4 Å². The van der Waals surface area contributed by atoms with E-state index in [1.807, 2.05) is 30.3 Å². The van der Waals surface area contributed by atoms with Gasteiger partial charge in [-0.3, -0.25) is 9.59 Å². The van der Waals surface area contributed by atoms with Gasteiger partial charge in [0.15, 0.2) is 5.13 Å². The number of hydrogen-bond donors (Lipinski definition) is 3. The molecule has 9 nitrogen and oxygen atoms in total. The van der Waals surface area contributed by atoms with Crippen molar-refractivity contribution in [1.82, 2.24) is 25.1 Å². The summed E-state index contributed by atoms with van der Waals surface area (Å²) in [5.74, 6) is -0.409. The molecule has 156 valence electrons. The fraction of sp³-hybridized carbons (Fsp3) is 0.300. The smallest absolute Gasteiger partial charge is 0.318 e. The Morgan fingerprint density at radius 3 is 2.57 bits per heavy atom. The van der Waals surface area contributed by atoms with E-state index in [0.29, 0.717) is 37.0 Å². The Kier molecular flexibility index (Phi) is 5.66. The number of carbonyl (C=O) groups is 3. The number of rotatable bonds is 4. The predicted molar refractivity (Wildman–Crippen MR) is 115 cm³/mol. The SMILES string of the molecule is CC(NC(=O)N1CCN(C(=O)c2cc3ccccc3[nH]2)CC1)C(=O)Nc1nccs1. The summed E-state index contributed by atoms with van der Waals surface area (Å²) in [6.07, 6.45) is 1.60. The molecular formula is C20H22N6O3S. The molecule has 4 rings (SSSR count). The fourth-order valence-corrected chi connectivity index (χ4v) is 3.84. The van der Waals surface area contributed by atoms with E-state index < -0.39 is 6.04 Å². The zero-order valence-corrected chi connectivity index (χ0v) is 17.2. The maximum absolute atomic E-state index is 12.8. The molecule has 10 heteroatoms. The standard InChI is InChI=1S/C20H22N6O3S/c1-13(17(27)24-19-21-6-11-30-19)22-20(29)26-9-7-25(8-10-26)18(28)16-12-14-4-2-3-5-15(14)23-16/h2-6,11-13,23H,7-10H2,1H3,(H,22,29)(H,21,24,27). The fourth-order valence-electron chi connectivity index (χ4n) is 3.31. The molecule has 1 saturated heterocycles. The van der Waals surface area contributed by atoms with Crippen molar-refractivity contribution < 1.29 is 14.4 Å². The molecule has 0 saturated carbocycles. The third kappa shape index (κ3) is 4.28. The molecule has 30 heavy (non-hydrogen) atoms. The Morgan fingerprint density at radius 1 is 1.13 bits per heavy atom. The third-order valence-electron chi connectivity index (χ3n) is 5.01. The number of urea groups is 1. The number of aromatic nitrogens is 2. The number of nitrogens with one attached hydrogen (secondary N) is 3. The van der Waals surface area contributed by atoms with E-state index in [2.05, 4.69) is 20.6 Å². The molecule has 1 unspecified atom stereocenters. The summed E-state index contributed by atoms with van der Waals surface area (Å²) in [4.78, 5) is 47.9. The number of benzene rings is 1. The maximum Gasteiger partial charge on any atom is 0.318 e. The molecule has 1 aliphatic heterocycles. The Labute approximate surface area is 177 Å². The number of piperazine rings is 1. The van der Waals surface area contributed by atoms with Crippen LogP contribution < -0.4 is 10.6 Å².